The summed E-state index contributed by atoms with van der Waals surface area (Å²) in [4.78, 5) is 3.81. The van der Waals surface area contributed by atoms with Gasteiger partial charge in [0.15, 0.2) is 0 Å². The highest BCUT2D eigenvalue weighted by molar-refractivity contribution is 6.15. The standard InChI is InChI=1S/C5H5N.BF2/c1-5-3-2-4-6-5;2-1-3/h2-4H,1H2;. The van der Waals surface area contributed by atoms with Gasteiger partial charge in [-0.05, 0) is 12.2 Å². The Morgan fingerprint density at radius 1 is 1.56 bits per heavy atom. The zero-order valence-electron chi connectivity index (χ0n) is 4.72. The van der Waals surface area contributed by atoms with E-state index in [4.69, 9.17) is 0 Å². The van der Waals surface area contributed by atoms with E-state index in [-0.39, 0.29) is 0 Å². The molecule has 0 aromatic carbocycles. The second kappa shape index (κ2) is 5.22. The average molecular weight is 128 g/mol. The van der Waals surface area contributed by atoms with Crippen molar-refractivity contribution in [2.45, 2.75) is 0 Å². The lowest BCUT2D eigenvalue weighted by Crippen LogP contribution is -1.51. The Bertz CT molecular complexity index is 128. The fraction of sp³-hybridized carbons (Fsp3) is 0. The molecule has 0 amide bonds. The summed E-state index contributed by atoms with van der Waals surface area (Å²) in [7, 11) is -1.00. The topological polar surface area (TPSA) is 12.4 Å². The highest BCUT2D eigenvalue weighted by Crippen LogP contribution is 1.97. The molecule has 9 heavy (non-hydrogen) atoms. The summed E-state index contributed by atoms with van der Waals surface area (Å²) < 4.78 is 19.0. The normalized spacial score (nSPS) is 12.9. The van der Waals surface area contributed by atoms with Gasteiger partial charge in [-0.3, -0.25) is 13.6 Å². The van der Waals surface area contributed by atoms with E-state index in [0.717, 1.165) is 5.70 Å². The van der Waals surface area contributed by atoms with Gasteiger partial charge in [0.25, 0.3) is 0 Å². The van der Waals surface area contributed by atoms with Gasteiger partial charge in [-0.25, -0.2) is 0 Å². The SMILES string of the molecule is C=C1C=CC=N1.F[B]F. The van der Waals surface area contributed by atoms with Crippen molar-refractivity contribution in [1.82, 2.24) is 0 Å². The zero-order chi connectivity index (χ0) is 7.11. The average Bonchev–Trinajstić information content (AvgIpc) is 2.20. The minimum atomic E-state index is -1.00. The molecule has 1 heterocycles. The van der Waals surface area contributed by atoms with Crippen molar-refractivity contribution >= 4 is 14.0 Å². The van der Waals surface area contributed by atoms with Crippen LogP contribution in [0.3, 0.4) is 0 Å². The quantitative estimate of drug-likeness (QED) is 0.439. The van der Waals surface area contributed by atoms with E-state index in [9.17, 15) is 8.63 Å². The second-order valence-electron chi connectivity index (χ2n) is 1.21. The van der Waals surface area contributed by atoms with E-state index < -0.39 is 7.83 Å². The van der Waals surface area contributed by atoms with Crippen LogP contribution in [0.5, 0.6) is 0 Å². The molecule has 0 spiro atoms. The van der Waals surface area contributed by atoms with E-state index in [1.54, 1.807) is 6.21 Å². The maximum atomic E-state index is 9.50. The number of hydrogen-bond acceptors (Lipinski definition) is 1. The first kappa shape index (κ1) is 8.07. The third-order valence-electron chi connectivity index (χ3n) is 0.615. The van der Waals surface area contributed by atoms with Gasteiger partial charge in [-0.1, -0.05) is 6.58 Å². The molecule has 1 aliphatic heterocycles. The van der Waals surface area contributed by atoms with Gasteiger partial charge in [-0.15, -0.1) is 0 Å². The van der Waals surface area contributed by atoms with Gasteiger partial charge < -0.3 is 0 Å². The Morgan fingerprint density at radius 2 is 2.11 bits per heavy atom. The number of rotatable bonds is 0. The summed E-state index contributed by atoms with van der Waals surface area (Å²) in [5.41, 5.74) is 0.843. The molecule has 1 nitrogen and oxygen atoms in total. The molecule has 0 aromatic heterocycles. The molecule has 1 radical (unpaired) electrons. The number of allylic oxidation sites excluding steroid dienone is 2. The molecule has 0 aromatic rings. The van der Waals surface area contributed by atoms with Crippen LogP contribution in [0.1, 0.15) is 0 Å². The van der Waals surface area contributed by atoms with Gasteiger partial charge in [-0.2, -0.15) is 0 Å². The number of hydrogen-bond donors (Lipinski definition) is 0. The van der Waals surface area contributed by atoms with Crippen LogP contribution in [0.2, 0.25) is 0 Å². The smallest absolute Gasteiger partial charge is 0.289 e. The van der Waals surface area contributed by atoms with Crippen molar-refractivity contribution in [3.8, 4) is 0 Å². The number of halogens is 2. The predicted octanol–water partition coefficient (Wildman–Crippen LogP) is 1.60. The first-order chi connectivity index (χ1) is 4.31. The molecule has 1 rings (SSSR count). The molecular weight excluding hydrogens is 123 g/mol. The lowest BCUT2D eigenvalue weighted by Gasteiger charge is -1.71. The molecular formula is C5H5BF2N. The van der Waals surface area contributed by atoms with Gasteiger partial charge in [0, 0.05) is 6.21 Å². The minimum absolute atomic E-state index is 0.843. The summed E-state index contributed by atoms with van der Waals surface area (Å²) in [6, 6.07) is 0. The van der Waals surface area contributed by atoms with Gasteiger partial charge >= 0.3 is 7.83 Å². The Hall–Kier alpha value is -0.925. The van der Waals surface area contributed by atoms with E-state index in [1.807, 2.05) is 12.2 Å². The molecule has 4 heteroatoms. The van der Waals surface area contributed by atoms with Crippen molar-refractivity contribution in [2.24, 2.45) is 4.99 Å². The minimum Gasteiger partial charge on any atom is -0.289 e. The third kappa shape index (κ3) is 4.94. The molecule has 0 N–H and O–H groups in total. The Balaban J connectivity index is 0.000000187. The predicted molar refractivity (Wildman–Crippen MR) is 34.7 cm³/mol. The third-order valence-corrected chi connectivity index (χ3v) is 0.615. The van der Waals surface area contributed by atoms with Crippen molar-refractivity contribution in [1.29, 1.82) is 0 Å². The van der Waals surface area contributed by atoms with Crippen LogP contribution in [0, 0.1) is 0 Å². The fourth-order valence-electron chi connectivity index (χ4n) is 0.336. The molecule has 0 unspecified atom stereocenters. The maximum Gasteiger partial charge on any atom is 0.577 e. The number of aliphatic imine (C=N–C) groups is 1. The second-order valence-corrected chi connectivity index (χ2v) is 1.21. The maximum absolute atomic E-state index is 9.50. The first-order valence-electron chi connectivity index (χ1n) is 2.23. The summed E-state index contributed by atoms with van der Waals surface area (Å²) in [6.07, 6.45) is 5.45. The van der Waals surface area contributed by atoms with Crippen molar-refractivity contribution in [2.75, 3.05) is 0 Å². The largest absolute Gasteiger partial charge is 0.577 e. The van der Waals surface area contributed by atoms with Crippen molar-refractivity contribution < 1.29 is 8.63 Å². The molecule has 47 valence electrons. The Labute approximate surface area is 53.1 Å². The van der Waals surface area contributed by atoms with Crippen LogP contribution in [0.25, 0.3) is 0 Å². The van der Waals surface area contributed by atoms with Crippen LogP contribution in [0.15, 0.2) is 29.4 Å². The van der Waals surface area contributed by atoms with E-state index in [2.05, 4.69) is 11.6 Å². The van der Waals surface area contributed by atoms with Crippen LogP contribution < -0.4 is 0 Å². The lowest BCUT2D eigenvalue weighted by molar-refractivity contribution is 0.712. The highest BCUT2D eigenvalue weighted by atomic mass is 19.2. The van der Waals surface area contributed by atoms with E-state index >= 15 is 0 Å². The molecule has 0 fully saturated rings. The summed E-state index contributed by atoms with van der Waals surface area (Å²) in [5.74, 6) is 0. The first-order valence-corrected chi connectivity index (χ1v) is 2.23. The molecule has 0 atom stereocenters. The van der Waals surface area contributed by atoms with Crippen molar-refractivity contribution in [3.63, 3.8) is 0 Å². The molecule has 0 saturated carbocycles. The van der Waals surface area contributed by atoms with Crippen molar-refractivity contribution in [3.05, 3.63) is 24.4 Å². The Kier molecular flexibility index (Phi) is 4.68. The lowest BCUT2D eigenvalue weighted by atomic mass is 10.5. The highest BCUT2D eigenvalue weighted by Gasteiger charge is 1.81. The van der Waals surface area contributed by atoms with Gasteiger partial charge in [0.05, 0.1) is 5.70 Å². The number of nitrogens with zero attached hydrogens (tertiary/aromatic N) is 1. The summed E-state index contributed by atoms with van der Waals surface area (Å²) in [5, 5.41) is 0. The molecule has 0 saturated heterocycles. The van der Waals surface area contributed by atoms with Gasteiger partial charge in [0.1, 0.15) is 0 Å². The summed E-state index contributed by atoms with van der Waals surface area (Å²) in [6.45, 7) is 3.57. The van der Waals surface area contributed by atoms with Crippen LogP contribution >= 0.6 is 0 Å². The molecule has 0 aliphatic carbocycles. The fourth-order valence-corrected chi connectivity index (χ4v) is 0.336. The molecule has 0 bridgehead atoms. The summed E-state index contributed by atoms with van der Waals surface area (Å²) >= 11 is 0. The van der Waals surface area contributed by atoms with Crippen LogP contribution in [-0.2, 0) is 0 Å². The van der Waals surface area contributed by atoms with E-state index in [0.29, 0.717) is 0 Å². The monoisotopic (exact) mass is 128 g/mol. The van der Waals surface area contributed by atoms with Crippen LogP contribution in [-0.4, -0.2) is 14.0 Å². The van der Waals surface area contributed by atoms with Crippen LogP contribution in [0.4, 0.5) is 8.63 Å². The molecule has 1 aliphatic rings. The van der Waals surface area contributed by atoms with E-state index in [1.165, 1.54) is 0 Å². The zero-order valence-corrected chi connectivity index (χ0v) is 4.72. The Morgan fingerprint density at radius 3 is 2.22 bits per heavy atom. The van der Waals surface area contributed by atoms with Gasteiger partial charge in [0.2, 0.25) is 0 Å².